The first-order valence-electron chi connectivity index (χ1n) is 5.98. The van der Waals surface area contributed by atoms with Gasteiger partial charge in [-0.25, -0.2) is 14.4 Å². The fourth-order valence-corrected chi connectivity index (χ4v) is 1.96. The second-order valence-corrected chi connectivity index (χ2v) is 5.42. The summed E-state index contributed by atoms with van der Waals surface area (Å²) in [4.78, 5) is 33.0. The molecule has 2 N–H and O–H groups in total. The van der Waals surface area contributed by atoms with E-state index in [9.17, 15) is 22.8 Å². The number of hydrogen-bond acceptors (Lipinski definition) is 7. The molecule has 124 valence electrons. The van der Waals surface area contributed by atoms with E-state index in [0.29, 0.717) is 6.07 Å². The molecule has 0 spiro atoms. The zero-order chi connectivity index (χ0) is 17.6. The van der Waals surface area contributed by atoms with Crippen molar-refractivity contribution < 1.29 is 41.9 Å². The summed E-state index contributed by atoms with van der Waals surface area (Å²) in [7, 11) is -4.62. The number of carboxylic acids is 1. The second kappa shape index (κ2) is 7.51. The molecule has 0 bridgehead atoms. The van der Waals surface area contributed by atoms with Crippen molar-refractivity contribution >= 4 is 28.0 Å². The lowest BCUT2D eigenvalue weighted by Gasteiger charge is -2.08. The average Bonchev–Trinajstić information content (AvgIpc) is 2.49. The summed E-state index contributed by atoms with van der Waals surface area (Å²) in [5.74, 6) is -3.36. The van der Waals surface area contributed by atoms with Crippen molar-refractivity contribution in [2.45, 2.75) is 4.90 Å². The minimum absolute atomic E-state index is 0.262. The van der Waals surface area contributed by atoms with Crippen LogP contribution < -0.4 is 0 Å². The predicted molar refractivity (Wildman–Crippen MR) is 74.7 cm³/mol. The Morgan fingerprint density at radius 2 is 1.74 bits per heavy atom. The Hall–Kier alpha value is -2.72. The number of carbonyl (C=O) groups is 3. The van der Waals surface area contributed by atoms with Crippen LogP contribution in [0.3, 0.4) is 0 Å². The molecule has 0 aliphatic heterocycles. The summed E-state index contributed by atoms with van der Waals surface area (Å²) in [6.07, 6.45) is 0.915. The van der Waals surface area contributed by atoms with Crippen LogP contribution in [0, 0.1) is 0 Å². The van der Waals surface area contributed by atoms with Gasteiger partial charge in [-0.05, 0) is 18.2 Å². The van der Waals surface area contributed by atoms with Gasteiger partial charge in [0.15, 0.2) is 0 Å². The van der Waals surface area contributed by atoms with Crippen LogP contribution in [0.1, 0.15) is 20.7 Å². The lowest BCUT2D eigenvalue weighted by molar-refractivity contribution is -0.138. The van der Waals surface area contributed by atoms with Gasteiger partial charge < -0.3 is 14.6 Å². The number of hydrogen-bond donors (Lipinski definition) is 2. The molecule has 0 fully saturated rings. The first kappa shape index (κ1) is 18.3. The van der Waals surface area contributed by atoms with E-state index in [-0.39, 0.29) is 13.2 Å². The Morgan fingerprint density at radius 3 is 2.26 bits per heavy atom. The average molecular weight is 344 g/mol. The van der Waals surface area contributed by atoms with Gasteiger partial charge in [-0.3, -0.25) is 4.55 Å². The van der Waals surface area contributed by atoms with E-state index in [0.717, 1.165) is 18.2 Å². The summed E-state index contributed by atoms with van der Waals surface area (Å²) < 4.78 is 40.1. The first-order chi connectivity index (χ1) is 10.7. The number of esters is 2. The number of aromatic carboxylic acids is 1. The van der Waals surface area contributed by atoms with Crippen LogP contribution in [0.4, 0.5) is 0 Å². The summed E-state index contributed by atoms with van der Waals surface area (Å²) >= 11 is 0. The van der Waals surface area contributed by atoms with E-state index in [4.69, 9.17) is 14.4 Å². The molecule has 10 heteroatoms. The molecule has 1 aromatic rings. The Kier molecular flexibility index (Phi) is 5.99. The number of carboxylic acid groups (broad SMARTS) is 1. The highest BCUT2D eigenvalue weighted by Crippen LogP contribution is 2.17. The van der Waals surface area contributed by atoms with Gasteiger partial charge in [-0.2, -0.15) is 8.42 Å². The van der Waals surface area contributed by atoms with Crippen molar-refractivity contribution in [1.82, 2.24) is 0 Å². The second-order valence-electron chi connectivity index (χ2n) is 4.00. The minimum atomic E-state index is -4.62. The molecule has 0 heterocycles. The van der Waals surface area contributed by atoms with Gasteiger partial charge in [-0.15, -0.1) is 0 Å². The Morgan fingerprint density at radius 1 is 1.13 bits per heavy atom. The highest BCUT2D eigenvalue weighted by molar-refractivity contribution is 7.85. The third kappa shape index (κ3) is 5.20. The van der Waals surface area contributed by atoms with Crippen LogP contribution in [-0.4, -0.2) is 49.2 Å². The van der Waals surface area contributed by atoms with Gasteiger partial charge in [0.05, 0.1) is 16.0 Å². The zero-order valence-electron chi connectivity index (χ0n) is 11.6. The van der Waals surface area contributed by atoms with Crippen molar-refractivity contribution in [3.05, 3.63) is 42.0 Å². The van der Waals surface area contributed by atoms with Crippen LogP contribution in [0.25, 0.3) is 0 Å². The normalized spacial score (nSPS) is 10.7. The molecule has 0 amide bonds. The number of carbonyl (C=O) groups excluding carboxylic acids is 2. The SMILES string of the molecule is C=CC(=O)OCCOC(=O)c1ccc(S(=O)(=O)O)cc1C(=O)O. The largest absolute Gasteiger partial charge is 0.478 e. The summed E-state index contributed by atoms with van der Waals surface area (Å²) in [6.45, 7) is 2.57. The highest BCUT2D eigenvalue weighted by Gasteiger charge is 2.21. The number of ether oxygens (including phenoxy) is 2. The Labute approximate surface area is 130 Å². The van der Waals surface area contributed by atoms with E-state index in [1.54, 1.807) is 0 Å². The maximum absolute atomic E-state index is 11.8. The molecular weight excluding hydrogens is 332 g/mol. The van der Waals surface area contributed by atoms with E-state index in [1.807, 2.05) is 0 Å². The van der Waals surface area contributed by atoms with Gasteiger partial charge in [0.2, 0.25) is 0 Å². The van der Waals surface area contributed by atoms with Crippen LogP contribution in [0.2, 0.25) is 0 Å². The van der Waals surface area contributed by atoms with Gasteiger partial charge in [0.1, 0.15) is 13.2 Å². The highest BCUT2D eigenvalue weighted by atomic mass is 32.2. The standard InChI is InChI=1S/C13H12O9S/c1-2-11(14)21-5-6-22-13(17)9-4-3-8(23(18,19)20)7-10(9)12(15)16/h2-4,7H,1,5-6H2,(H,15,16)(H,18,19,20). The molecular formula is C13H12O9S. The smallest absolute Gasteiger partial charge is 0.339 e. The van der Waals surface area contributed by atoms with Gasteiger partial charge in [-0.1, -0.05) is 6.58 Å². The maximum atomic E-state index is 11.8. The summed E-state index contributed by atoms with van der Waals surface area (Å²) in [5.41, 5.74) is -1.08. The van der Waals surface area contributed by atoms with Crippen molar-refractivity contribution in [3.8, 4) is 0 Å². The summed E-state index contributed by atoms with van der Waals surface area (Å²) in [5, 5.41) is 9.02. The Bertz CT molecular complexity index is 749. The fraction of sp³-hybridized carbons (Fsp3) is 0.154. The van der Waals surface area contributed by atoms with E-state index in [1.165, 1.54) is 0 Å². The first-order valence-corrected chi connectivity index (χ1v) is 7.42. The molecule has 1 aromatic carbocycles. The molecule has 0 atom stereocenters. The van der Waals surface area contributed by atoms with Gasteiger partial charge in [0, 0.05) is 6.08 Å². The number of rotatable bonds is 7. The topological polar surface area (TPSA) is 144 Å². The zero-order valence-corrected chi connectivity index (χ0v) is 12.4. The fourth-order valence-electron chi connectivity index (χ4n) is 1.45. The minimum Gasteiger partial charge on any atom is -0.478 e. The molecule has 0 radical (unpaired) electrons. The van der Waals surface area contributed by atoms with Gasteiger partial charge in [0.25, 0.3) is 10.1 Å². The molecule has 1 rings (SSSR count). The van der Waals surface area contributed by atoms with E-state index in [2.05, 4.69) is 11.3 Å². The van der Waals surface area contributed by atoms with Crippen LogP contribution >= 0.6 is 0 Å². The number of benzene rings is 1. The summed E-state index contributed by atoms with van der Waals surface area (Å²) in [6, 6.07) is 2.38. The third-order valence-corrected chi connectivity index (χ3v) is 3.32. The molecule has 0 aliphatic rings. The molecule has 0 aromatic heterocycles. The molecule has 9 nitrogen and oxygen atoms in total. The van der Waals surface area contributed by atoms with Crippen molar-refractivity contribution in [2.75, 3.05) is 13.2 Å². The lowest BCUT2D eigenvalue weighted by atomic mass is 10.1. The molecule has 0 aliphatic carbocycles. The monoisotopic (exact) mass is 344 g/mol. The molecule has 0 unspecified atom stereocenters. The maximum Gasteiger partial charge on any atom is 0.339 e. The van der Waals surface area contributed by atoms with E-state index >= 15 is 0 Å². The quantitative estimate of drug-likeness (QED) is 0.313. The Balaban J connectivity index is 2.90. The van der Waals surface area contributed by atoms with Crippen molar-refractivity contribution in [2.24, 2.45) is 0 Å². The predicted octanol–water partition coefficient (Wildman–Crippen LogP) is 0.517. The van der Waals surface area contributed by atoms with Crippen LogP contribution in [-0.2, 0) is 24.4 Å². The van der Waals surface area contributed by atoms with Crippen LogP contribution in [0.5, 0.6) is 0 Å². The third-order valence-electron chi connectivity index (χ3n) is 2.47. The molecule has 0 saturated carbocycles. The van der Waals surface area contributed by atoms with Crippen molar-refractivity contribution in [1.29, 1.82) is 0 Å². The van der Waals surface area contributed by atoms with E-state index < -0.39 is 44.0 Å². The van der Waals surface area contributed by atoms with Crippen LogP contribution in [0.15, 0.2) is 35.7 Å². The van der Waals surface area contributed by atoms with Crippen molar-refractivity contribution in [3.63, 3.8) is 0 Å². The van der Waals surface area contributed by atoms with Gasteiger partial charge >= 0.3 is 17.9 Å². The molecule has 0 saturated heterocycles. The molecule has 23 heavy (non-hydrogen) atoms. The lowest BCUT2D eigenvalue weighted by Crippen LogP contribution is -2.16.